The third-order valence-corrected chi connectivity index (χ3v) is 4.21. The van der Waals surface area contributed by atoms with E-state index in [1.165, 1.54) is 18.4 Å². The van der Waals surface area contributed by atoms with Gasteiger partial charge >= 0.3 is 0 Å². The molecule has 1 saturated carbocycles. The highest BCUT2D eigenvalue weighted by atomic mass is 35.5. The van der Waals surface area contributed by atoms with Gasteiger partial charge in [0.25, 0.3) is 0 Å². The van der Waals surface area contributed by atoms with Crippen molar-refractivity contribution in [2.45, 2.75) is 25.4 Å². The van der Waals surface area contributed by atoms with Crippen LogP contribution in [0.15, 0.2) is 36.4 Å². The van der Waals surface area contributed by atoms with E-state index >= 15 is 0 Å². The van der Waals surface area contributed by atoms with Crippen LogP contribution in [0.1, 0.15) is 18.4 Å². The van der Waals surface area contributed by atoms with E-state index in [1.807, 2.05) is 12.1 Å². The maximum absolute atomic E-state index is 6.27. The van der Waals surface area contributed by atoms with Crippen molar-refractivity contribution in [3.63, 3.8) is 0 Å². The summed E-state index contributed by atoms with van der Waals surface area (Å²) in [6.45, 7) is 0.876. The van der Waals surface area contributed by atoms with Crippen LogP contribution < -0.4 is 5.32 Å². The Morgan fingerprint density at radius 2 is 1.70 bits per heavy atom. The molecule has 1 nitrogen and oxygen atoms in total. The van der Waals surface area contributed by atoms with Crippen molar-refractivity contribution >= 4 is 34.8 Å². The molecule has 1 aliphatic rings. The number of hydrogen-bond acceptors (Lipinski definition) is 1. The second-order valence-electron chi connectivity index (χ2n) is 5.10. The fourth-order valence-corrected chi connectivity index (χ4v) is 3.24. The van der Waals surface area contributed by atoms with E-state index in [-0.39, 0.29) is 0 Å². The molecule has 0 aliphatic heterocycles. The lowest BCUT2D eigenvalue weighted by atomic mass is 10.0. The average molecular weight is 327 g/mol. The average Bonchev–Trinajstić information content (AvgIpc) is 3.19. The van der Waals surface area contributed by atoms with Crippen molar-refractivity contribution in [2.75, 3.05) is 0 Å². The number of benzene rings is 2. The Labute approximate surface area is 133 Å². The van der Waals surface area contributed by atoms with Crippen LogP contribution in [-0.4, -0.2) is 6.04 Å². The summed E-state index contributed by atoms with van der Waals surface area (Å²) >= 11 is 18.5. The number of nitrogens with one attached hydrogen (secondary N) is 1. The van der Waals surface area contributed by atoms with Gasteiger partial charge in [-0.15, -0.1) is 0 Å². The summed E-state index contributed by atoms with van der Waals surface area (Å²) in [5.41, 5.74) is 3.09. The molecule has 20 heavy (non-hydrogen) atoms. The van der Waals surface area contributed by atoms with Crippen molar-refractivity contribution < 1.29 is 0 Å². The van der Waals surface area contributed by atoms with Gasteiger partial charge in [0.15, 0.2) is 0 Å². The zero-order valence-corrected chi connectivity index (χ0v) is 13.1. The Hall–Kier alpha value is -0.730. The first-order chi connectivity index (χ1) is 9.63. The van der Waals surface area contributed by atoms with E-state index in [2.05, 4.69) is 17.4 Å². The summed E-state index contributed by atoms with van der Waals surface area (Å²) < 4.78 is 0. The highest BCUT2D eigenvalue weighted by Gasteiger charge is 2.20. The van der Waals surface area contributed by atoms with Gasteiger partial charge in [-0.25, -0.2) is 0 Å². The summed E-state index contributed by atoms with van der Waals surface area (Å²) in [7, 11) is 0. The van der Waals surface area contributed by atoms with E-state index in [0.717, 1.165) is 17.7 Å². The molecule has 0 unspecified atom stereocenters. The maximum Gasteiger partial charge on any atom is 0.0514 e. The molecular formula is C16H14Cl3N. The van der Waals surface area contributed by atoms with Crippen LogP contribution >= 0.6 is 34.8 Å². The van der Waals surface area contributed by atoms with Crippen molar-refractivity contribution in [3.05, 3.63) is 57.0 Å². The molecule has 0 spiro atoms. The van der Waals surface area contributed by atoms with Crippen molar-refractivity contribution in [3.8, 4) is 11.1 Å². The second-order valence-corrected chi connectivity index (χ2v) is 6.35. The first-order valence-electron chi connectivity index (χ1n) is 6.61. The van der Waals surface area contributed by atoms with Gasteiger partial charge in [-0.05, 0) is 42.2 Å². The van der Waals surface area contributed by atoms with Crippen LogP contribution in [0, 0.1) is 0 Å². The van der Waals surface area contributed by atoms with Gasteiger partial charge in [-0.3, -0.25) is 0 Å². The lowest BCUT2D eigenvalue weighted by Crippen LogP contribution is -2.15. The lowest BCUT2D eigenvalue weighted by molar-refractivity contribution is 0.688. The van der Waals surface area contributed by atoms with E-state index < -0.39 is 0 Å². The van der Waals surface area contributed by atoms with Crippen LogP contribution in [0.4, 0.5) is 0 Å². The fourth-order valence-electron chi connectivity index (χ4n) is 2.20. The quantitative estimate of drug-likeness (QED) is 0.775. The highest BCUT2D eigenvalue weighted by molar-refractivity contribution is 6.41. The van der Waals surface area contributed by atoms with Gasteiger partial charge in [-0.2, -0.15) is 0 Å². The van der Waals surface area contributed by atoms with Crippen molar-refractivity contribution in [1.82, 2.24) is 5.32 Å². The first kappa shape index (κ1) is 14.2. The largest absolute Gasteiger partial charge is 0.310 e. The van der Waals surface area contributed by atoms with Crippen LogP contribution in [0.5, 0.6) is 0 Å². The molecule has 0 atom stereocenters. The summed E-state index contributed by atoms with van der Waals surface area (Å²) in [4.78, 5) is 0. The molecule has 4 heteroatoms. The Balaban J connectivity index is 1.91. The molecule has 2 aromatic rings. The molecular weight excluding hydrogens is 313 g/mol. The lowest BCUT2D eigenvalue weighted by Gasteiger charge is -2.10. The molecule has 0 amide bonds. The van der Waals surface area contributed by atoms with Gasteiger partial charge in [0, 0.05) is 23.2 Å². The standard InChI is InChI=1S/C16H14Cl3N/c17-12-7-14(18)16(15(19)8-12)11-3-1-2-10(6-11)9-20-13-4-5-13/h1-3,6-8,13,20H,4-5,9H2. The highest BCUT2D eigenvalue weighted by Crippen LogP contribution is 2.37. The summed E-state index contributed by atoms with van der Waals surface area (Å²) in [6.07, 6.45) is 2.57. The molecule has 1 N–H and O–H groups in total. The minimum absolute atomic E-state index is 0.551. The number of hydrogen-bond donors (Lipinski definition) is 1. The second kappa shape index (κ2) is 5.95. The van der Waals surface area contributed by atoms with Crippen LogP contribution in [0.2, 0.25) is 15.1 Å². The predicted octanol–water partition coefficient (Wildman–Crippen LogP) is 5.57. The Bertz CT molecular complexity index is 612. The maximum atomic E-state index is 6.27. The molecule has 0 heterocycles. The van der Waals surface area contributed by atoms with E-state index in [1.54, 1.807) is 12.1 Å². The van der Waals surface area contributed by atoms with E-state index in [0.29, 0.717) is 21.1 Å². The van der Waals surface area contributed by atoms with Crippen LogP contribution in [0.25, 0.3) is 11.1 Å². The fraction of sp³-hybridized carbons (Fsp3) is 0.250. The van der Waals surface area contributed by atoms with Crippen molar-refractivity contribution in [2.24, 2.45) is 0 Å². The van der Waals surface area contributed by atoms with E-state index in [4.69, 9.17) is 34.8 Å². The van der Waals surface area contributed by atoms with Crippen molar-refractivity contribution in [1.29, 1.82) is 0 Å². The zero-order chi connectivity index (χ0) is 14.1. The Kier molecular flexibility index (Phi) is 4.23. The normalized spacial score (nSPS) is 14.6. The first-order valence-corrected chi connectivity index (χ1v) is 7.74. The smallest absolute Gasteiger partial charge is 0.0514 e. The van der Waals surface area contributed by atoms with Gasteiger partial charge in [0.1, 0.15) is 0 Å². The third-order valence-electron chi connectivity index (χ3n) is 3.39. The van der Waals surface area contributed by atoms with Crippen LogP contribution in [-0.2, 0) is 6.54 Å². The van der Waals surface area contributed by atoms with Gasteiger partial charge in [0.05, 0.1) is 10.0 Å². The molecule has 0 radical (unpaired) electrons. The van der Waals surface area contributed by atoms with E-state index in [9.17, 15) is 0 Å². The molecule has 2 aromatic carbocycles. The molecule has 104 valence electrons. The monoisotopic (exact) mass is 325 g/mol. The third kappa shape index (κ3) is 3.29. The molecule has 0 aromatic heterocycles. The molecule has 0 saturated heterocycles. The number of rotatable bonds is 4. The topological polar surface area (TPSA) is 12.0 Å². The van der Waals surface area contributed by atoms with Gasteiger partial charge in [0.2, 0.25) is 0 Å². The molecule has 3 rings (SSSR count). The molecule has 1 aliphatic carbocycles. The summed E-state index contributed by atoms with van der Waals surface area (Å²) in [5, 5.41) is 5.21. The van der Waals surface area contributed by atoms with Gasteiger partial charge < -0.3 is 5.32 Å². The van der Waals surface area contributed by atoms with Crippen LogP contribution in [0.3, 0.4) is 0 Å². The summed E-state index contributed by atoms with van der Waals surface area (Å²) in [6, 6.07) is 12.4. The molecule has 1 fully saturated rings. The molecule has 0 bridgehead atoms. The van der Waals surface area contributed by atoms with Gasteiger partial charge in [-0.1, -0.05) is 53.0 Å². The predicted molar refractivity (Wildman–Crippen MR) is 86.8 cm³/mol. The Morgan fingerprint density at radius 1 is 1.00 bits per heavy atom. The SMILES string of the molecule is Clc1cc(Cl)c(-c2cccc(CNC3CC3)c2)c(Cl)c1. The summed E-state index contributed by atoms with van der Waals surface area (Å²) in [5.74, 6) is 0. The minimum atomic E-state index is 0.551. The number of halogens is 3. The zero-order valence-electron chi connectivity index (χ0n) is 10.8. The Morgan fingerprint density at radius 3 is 2.35 bits per heavy atom. The minimum Gasteiger partial charge on any atom is -0.310 e.